The van der Waals surface area contributed by atoms with Crippen molar-refractivity contribution in [1.29, 1.82) is 0 Å². The Morgan fingerprint density at radius 2 is 1.70 bits per heavy atom. The molecule has 0 bridgehead atoms. The molecule has 4 rings (SSSR count). The zero-order valence-electron chi connectivity index (χ0n) is 18.0. The molecular weight excluding hydrogens is 416 g/mol. The summed E-state index contributed by atoms with van der Waals surface area (Å²) in [5, 5.41) is 13.1. The third-order valence-electron chi connectivity index (χ3n) is 5.35. The highest BCUT2D eigenvalue weighted by Crippen LogP contribution is 2.19. The van der Waals surface area contributed by atoms with E-state index in [0.29, 0.717) is 24.3 Å². The van der Waals surface area contributed by atoms with Crippen LogP contribution in [-0.4, -0.2) is 22.0 Å². The second kappa shape index (κ2) is 10.4. The SMILES string of the molecule is O=C(O)CCc1ccc(COc2ccccc2)cc1C(=O)NCc1ccnc2ccccc12. The van der Waals surface area contributed by atoms with Crippen LogP contribution in [0.2, 0.25) is 0 Å². The molecule has 1 amide bonds. The summed E-state index contributed by atoms with van der Waals surface area (Å²) in [5.41, 5.74) is 3.82. The quantitative estimate of drug-likeness (QED) is 0.392. The van der Waals surface area contributed by atoms with Gasteiger partial charge in [-0.25, -0.2) is 0 Å². The van der Waals surface area contributed by atoms with Crippen molar-refractivity contribution in [2.75, 3.05) is 0 Å². The van der Waals surface area contributed by atoms with Crippen LogP contribution in [0, 0.1) is 0 Å². The Labute approximate surface area is 191 Å². The average Bonchev–Trinajstić information content (AvgIpc) is 2.85. The highest BCUT2D eigenvalue weighted by Gasteiger charge is 2.14. The maximum atomic E-state index is 13.1. The summed E-state index contributed by atoms with van der Waals surface area (Å²) in [5.74, 6) is -0.415. The summed E-state index contributed by atoms with van der Waals surface area (Å²) in [6, 6.07) is 24.6. The van der Waals surface area contributed by atoms with E-state index in [1.54, 1.807) is 12.3 Å². The number of carboxylic acid groups (broad SMARTS) is 1. The molecule has 0 radical (unpaired) electrons. The van der Waals surface area contributed by atoms with E-state index in [4.69, 9.17) is 9.84 Å². The largest absolute Gasteiger partial charge is 0.489 e. The van der Waals surface area contributed by atoms with Crippen molar-refractivity contribution < 1.29 is 19.4 Å². The number of benzene rings is 3. The first-order chi connectivity index (χ1) is 16.1. The first-order valence-corrected chi connectivity index (χ1v) is 10.7. The number of pyridine rings is 1. The van der Waals surface area contributed by atoms with Gasteiger partial charge in [0.1, 0.15) is 12.4 Å². The van der Waals surface area contributed by atoms with Crippen molar-refractivity contribution in [3.05, 3.63) is 107 Å². The number of fused-ring (bicyclic) bond motifs is 1. The molecule has 166 valence electrons. The van der Waals surface area contributed by atoms with Gasteiger partial charge >= 0.3 is 5.97 Å². The van der Waals surface area contributed by atoms with Crippen LogP contribution in [0.25, 0.3) is 10.9 Å². The van der Waals surface area contributed by atoms with Crippen molar-refractivity contribution in [2.45, 2.75) is 26.0 Å². The maximum absolute atomic E-state index is 13.1. The Kier molecular flexibility index (Phi) is 6.95. The lowest BCUT2D eigenvalue weighted by atomic mass is 9.99. The Morgan fingerprint density at radius 3 is 2.52 bits per heavy atom. The highest BCUT2D eigenvalue weighted by molar-refractivity contribution is 5.96. The van der Waals surface area contributed by atoms with E-state index in [9.17, 15) is 9.59 Å². The number of carbonyl (C=O) groups is 2. The molecule has 0 fully saturated rings. The van der Waals surface area contributed by atoms with Gasteiger partial charge < -0.3 is 15.2 Å². The monoisotopic (exact) mass is 440 g/mol. The topological polar surface area (TPSA) is 88.5 Å². The van der Waals surface area contributed by atoms with Crippen molar-refractivity contribution in [3.8, 4) is 5.75 Å². The molecule has 1 aromatic heterocycles. The first kappa shape index (κ1) is 22.0. The van der Waals surface area contributed by atoms with Crippen LogP contribution in [0.1, 0.15) is 33.5 Å². The molecule has 6 nitrogen and oxygen atoms in total. The minimum atomic E-state index is -0.902. The molecule has 2 N–H and O–H groups in total. The molecule has 4 aromatic rings. The second-order valence-corrected chi connectivity index (χ2v) is 7.66. The van der Waals surface area contributed by atoms with Gasteiger partial charge in [0.05, 0.1) is 5.52 Å². The smallest absolute Gasteiger partial charge is 0.303 e. The lowest BCUT2D eigenvalue weighted by molar-refractivity contribution is -0.136. The molecule has 0 saturated heterocycles. The number of hydrogen-bond donors (Lipinski definition) is 2. The fourth-order valence-electron chi connectivity index (χ4n) is 3.65. The number of aliphatic carboxylic acids is 1. The minimum Gasteiger partial charge on any atom is -0.489 e. The molecule has 3 aromatic carbocycles. The van der Waals surface area contributed by atoms with Crippen LogP contribution < -0.4 is 10.1 Å². The van der Waals surface area contributed by atoms with Gasteiger partial charge in [0.2, 0.25) is 0 Å². The number of nitrogens with one attached hydrogen (secondary N) is 1. The van der Waals surface area contributed by atoms with Crippen LogP contribution in [-0.2, 0) is 24.4 Å². The summed E-state index contributed by atoms with van der Waals surface area (Å²) >= 11 is 0. The number of aromatic nitrogens is 1. The van der Waals surface area contributed by atoms with Gasteiger partial charge in [-0.15, -0.1) is 0 Å². The van der Waals surface area contributed by atoms with E-state index in [-0.39, 0.29) is 18.7 Å². The Bertz CT molecular complexity index is 1270. The number of carbonyl (C=O) groups excluding carboxylic acids is 1. The van der Waals surface area contributed by atoms with Crippen LogP contribution in [0.3, 0.4) is 0 Å². The predicted octanol–water partition coefficient (Wildman–Crippen LogP) is 4.76. The summed E-state index contributed by atoms with van der Waals surface area (Å²) in [7, 11) is 0. The van der Waals surface area contributed by atoms with Crippen LogP contribution in [0.15, 0.2) is 85.1 Å². The number of ether oxygens (including phenoxy) is 1. The molecule has 6 heteroatoms. The van der Waals surface area contributed by atoms with E-state index >= 15 is 0 Å². The number of amides is 1. The molecule has 0 aliphatic heterocycles. The number of nitrogens with zero attached hydrogens (tertiary/aromatic N) is 1. The van der Waals surface area contributed by atoms with Gasteiger partial charge in [0.25, 0.3) is 5.91 Å². The number of para-hydroxylation sites is 2. The third-order valence-corrected chi connectivity index (χ3v) is 5.35. The molecule has 1 heterocycles. The Morgan fingerprint density at radius 1 is 0.909 bits per heavy atom. The van der Waals surface area contributed by atoms with Gasteiger partial charge in [-0.3, -0.25) is 14.6 Å². The second-order valence-electron chi connectivity index (χ2n) is 7.66. The fourth-order valence-corrected chi connectivity index (χ4v) is 3.65. The van der Waals surface area contributed by atoms with E-state index in [0.717, 1.165) is 27.8 Å². The van der Waals surface area contributed by atoms with Crippen LogP contribution in [0.4, 0.5) is 0 Å². The average molecular weight is 440 g/mol. The lowest BCUT2D eigenvalue weighted by Gasteiger charge is -2.13. The summed E-state index contributed by atoms with van der Waals surface area (Å²) in [6.45, 7) is 0.642. The molecule has 0 spiro atoms. The zero-order chi connectivity index (χ0) is 23.0. The van der Waals surface area contributed by atoms with Gasteiger partial charge in [-0.1, -0.05) is 48.5 Å². The van der Waals surface area contributed by atoms with Crippen molar-refractivity contribution in [2.24, 2.45) is 0 Å². The molecule has 0 unspecified atom stereocenters. The molecule has 0 aliphatic rings. The van der Waals surface area contributed by atoms with E-state index in [1.165, 1.54) is 0 Å². The molecule has 0 atom stereocenters. The van der Waals surface area contributed by atoms with Gasteiger partial charge in [-0.05, 0) is 53.4 Å². The Balaban J connectivity index is 1.53. The van der Waals surface area contributed by atoms with Crippen LogP contribution in [0.5, 0.6) is 5.75 Å². The van der Waals surface area contributed by atoms with E-state index < -0.39 is 5.97 Å². The number of hydrogen-bond acceptors (Lipinski definition) is 4. The lowest BCUT2D eigenvalue weighted by Crippen LogP contribution is -2.24. The third kappa shape index (κ3) is 5.74. The molecular formula is C27H24N2O4. The van der Waals surface area contributed by atoms with Crippen molar-refractivity contribution in [1.82, 2.24) is 10.3 Å². The fraction of sp³-hybridized carbons (Fsp3) is 0.148. The van der Waals surface area contributed by atoms with Crippen LogP contribution >= 0.6 is 0 Å². The molecule has 33 heavy (non-hydrogen) atoms. The minimum absolute atomic E-state index is 0.0465. The number of carboxylic acids is 1. The van der Waals surface area contributed by atoms with E-state index in [2.05, 4.69) is 10.3 Å². The predicted molar refractivity (Wildman–Crippen MR) is 126 cm³/mol. The van der Waals surface area contributed by atoms with Gasteiger partial charge in [0, 0.05) is 30.1 Å². The molecule has 0 aliphatic carbocycles. The summed E-state index contributed by atoms with van der Waals surface area (Å²) < 4.78 is 5.81. The maximum Gasteiger partial charge on any atom is 0.303 e. The number of rotatable bonds is 9. The summed E-state index contributed by atoms with van der Waals surface area (Å²) in [4.78, 5) is 28.6. The van der Waals surface area contributed by atoms with Gasteiger partial charge in [-0.2, -0.15) is 0 Å². The van der Waals surface area contributed by atoms with Crippen molar-refractivity contribution in [3.63, 3.8) is 0 Å². The standard InChI is InChI=1S/C27H24N2O4/c30-26(31)13-12-20-11-10-19(18-33-22-6-2-1-3-7-22)16-24(20)27(32)29-17-21-14-15-28-25-9-5-4-8-23(21)25/h1-11,14-16H,12-13,17-18H2,(H,29,32)(H,30,31). The highest BCUT2D eigenvalue weighted by atomic mass is 16.5. The first-order valence-electron chi connectivity index (χ1n) is 10.7. The molecule has 0 saturated carbocycles. The van der Waals surface area contributed by atoms with E-state index in [1.807, 2.05) is 72.8 Å². The zero-order valence-corrected chi connectivity index (χ0v) is 18.0. The van der Waals surface area contributed by atoms with Crippen molar-refractivity contribution >= 4 is 22.8 Å². The summed E-state index contributed by atoms with van der Waals surface area (Å²) in [6.07, 6.45) is 1.95. The number of aryl methyl sites for hydroxylation is 1. The normalized spacial score (nSPS) is 10.7. The Hall–Kier alpha value is -4.19. The van der Waals surface area contributed by atoms with Gasteiger partial charge in [0.15, 0.2) is 0 Å².